The Morgan fingerprint density at radius 1 is 1.12 bits per heavy atom. The normalized spacial score (nSPS) is 10.8. The lowest BCUT2D eigenvalue weighted by molar-refractivity contribution is 0.701. The molecule has 0 aliphatic heterocycles. The van der Waals surface area contributed by atoms with E-state index in [0.29, 0.717) is 10.0 Å². The fourth-order valence-electron chi connectivity index (χ4n) is 1.57. The van der Waals surface area contributed by atoms with Crippen molar-refractivity contribution in [2.45, 2.75) is 20.0 Å². The maximum atomic E-state index is 6.09. The van der Waals surface area contributed by atoms with E-state index in [1.165, 1.54) is 9.75 Å². The first-order valence-electron chi connectivity index (χ1n) is 5.35. The van der Waals surface area contributed by atoms with Crippen LogP contribution < -0.4 is 5.32 Å². The lowest BCUT2D eigenvalue weighted by atomic mass is 10.2. The third-order valence-electron chi connectivity index (χ3n) is 2.43. The topological polar surface area (TPSA) is 12.0 Å². The van der Waals surface area contributed by atoms with Crippen LogP contribution in [0.15, 0.2) is 30.3 Å². The van der Waals surface area contributed by atoms with Gasteiger partial charge in [0.2, 0.25) is 0 Å². The number of hydrogen-bond donors (Lipinski definition) is 1. The number of nitrogens with one attached hydrogen (secondary N) is 1. The van der Waals surface area contributed by atoms with Crippen molar-refractivity contribution in [2.75, 3.05) is 0 Å². The Labute approximate surface area is 115 Å². The molecule has 0 fully saturated rings. The Morgan fingerprint density at radius 2 is 1.94 bits per heavy atom. The summed E-state index contributed by atoms with van der Waals surface area (Å²) in [5, 5.41) is 4.76. The molecule has 1 aromatic heterocycles. The summed E-state index contributed by atoms with van der Waals surface area (Å²) in [6.45, 7) is 3.74. The third kappa shape index (κ3) is 3.71. The molecule has 0 radical (unpaired) electrons. The van der Waals surface area contributed by atoms with Gasteiger partial charge in [0, 0.05) is 32.9 Å². The van der Waals surface area contributed by atoms with Crippen LogP contribution in [0.25, 0.3) is 0 Å². The summed E-state index contributed by atoms with van der Waals surface area (Å²) in [6.07, 6.45) is 0. The average molecular weight is 286 g/mol. The van der Waals surface area contributed by atoms with Crippen molar-refractivity contribution in [1.29, 1.82) is 0 Å². The highest BCUT2D eigenvalue weighted by Gasteiger charge is 2.01. The van der Waals surface area contributed by atoms with E-state index in [9.17, 15) is 0 Å². The molecule has 90 valence electrons. The molecule has 0 aliphatic carbocycles. The number of aryl methyl sites for hydroxylation is 1. The standard InChI is InChI=1S/C13H13Cl2NS/c1-9-2-5-12(17-9)8-16-7-10-3-4-11(14)6-13(10)15/h2-6,16H,7-8H2,1H3. The predicted molar refractivity (Wildman–Crippen MR) is 76.1 cm³/mol. The molecule has 2 rings (SSSR count). The highest BCUT2D eigenvalue weighted by Crippen LogP contribution is 2.21. The van der Waals surface area contributed by atoms with Gasteiger partial charge < -0.3 is 5.32 Å². The number of hydrogen-bond acceptors (Lipinski definition) is 2. The first-order valence-corrected chi connectivity index (χ1v) is 6.92. The molecule has 0 spiro atoms. The molecule has 1 aromatic carbocycles. The van der Waals surface area contributed by atoms with Crippen molar-refractivity contribution in [2.24, 2.45) is 0 Å². The van der Waals surface area contributed by atoms with Gasteiger partial charge in [-0.15, -0.1) is 11.3 Å². The first kappa shape index (κ1) is 12.9. The molecule has 1 nitrogen and oxygen atoms in total. The largest absolute Gasteiger partial charge is 0.308 e. The second kappa shape index (κ2) is 5.87. The zero-order valence-electron chi connectivity index (χ0n) is 9.47. The Bertz CT molecular complexity index is 508. The molecular formula is C13H13Cl2NS. The summed E-state index contributed by atoms with van der Waals surface area (Å²) in [5.74, 6) is 0. The van der Waals surface area contributed by atoms with Crippen molar-refractivity contribution in [1.82, 2.24) is 5.32 Å². The summed E-state index contributed by atoms with van der Waals surface area (Å²) in [6, 6.07) is 9.87. The molecule has 0 saturated carbocycles. The number of rotatable bonds is 4. The smallest absolute Gasteiger partial charge is 0.0465 e. The molecule has 0 saturated heterocycles. The van der Waals surface area contributed by atoms with Gasteiger partial charge in [-0.2, -0.15) is 0 Å². The van der Waals surface area contributed by atoms with Crippen LogP contribution in [-0.4, -0.2) is 0 Å². The van der Waals surface area contributed by atoms with Crippen molar-refractivity contribution in [3.05, 3.63) is 55.7 Å². The molecule has 0 bridgehead atoms. The molecule has 0 atom stereocenters. The van der Waals surface area contributed by atoms with Crippen molar-refractivity contribution >= 4 is 34.5 Å². The number of thiophene rings is 1. The second-order valence-electron chi connectivity index (χ2n) is 3.85. The van der Waals surface area contributed by atoms with Gasteiger partial charge in [-0.25, -0.2) is 0 Å². The second-order valence-corrected chi connectivity index (χ2v) is 6.07. The minimum absolute atomic E-state index is 0.674. The fraction of sp³-hybridized carbons (Fsp3) is 0.231. The highest BCUT2D eigenvalue weighted by atomic mass is 35.5. The lowest BCUT2D eigenvalue weighted by Gasteiger charge is -2.06. The van der Waals surface area contributed by atoms with E-state index in [1.807, 2.05) is 23.5 Å². The van der Waals surface area contributed by atoms with Gasteiger partial charge in [0.1, 0.15) is 0 Å². The summed E-state index contributed by atoms with van der Waals surface area (Å²) in [5.41, 5.74) is 1.07. The van der Waals surface area contributed by atoms with Crippen LogP contribution in [0, 0.1) is 6.92 Å². The number of benzene rings is 1. The Balaban J connectivity index is 1.90. The summed E-state index contributed by atoms with van der Waals surface area (Å²) < 4.78 is 0. The molecule has 1 heterocycles. The van der Waals surface area contributed by atoms with E-state index in [2.05, 4.69) is 24.4 Å². The van der Waals surface area contributed by atoms with Crippen LogP contribution in [0.2, 0.25) is 10.0 Å². The van der Waals surface area contributed by atoms with Gasteiger partial charge in [-0.1, -0.05) is 29.3 Å². The maximum absolute atomic E-state index is 6.09. The Kier molecular flexibility index (Phi) is 4.46. The van der Waals surface area contributed by atoms with Gasteiger partial charge >= 0.3 is 0 Å². The van der Waals surface area contributed by atoms with Crippen molar-refractivity contribution in [3.8, 4) is 0 Å². The van der Waals surface area contributed by atoms with E-state index in [1.54, 1.807) is 6.07 Å². The first-order chi connectivity index (χ1) is 8.15. The molecule has 4 heteroatoms. The molecule has 1 N–H and O–H groups in total. The maximum Gasteiger partial charge on any atom is 0.0465 e. The minimum atomic E-state index is 0.674. The molecule has 0 amide bonds. The zero-order valence-corrected chi connectivity index (χ0v) is 11.8. The average Bonchev–Trinajstić information content (AvgIpc) is 2.68. The summed E-state index contributed by atoms with van der Waals surface area (Å²) in [4.78, 5) is 2.68. The van der Waals surface area contributed by atoms with Crippen LogP contribution in [0.4, 0.5) is 0 Å². The van der Waals surface area contributed by atoms with Gasteiger partial charge in [0.25, 0.3) is 0 Å². The highest BCUT2D eigenvalue weighted by molar-refractivity contribution is 7.11. The lowest BCUT2D eigenvalue weighted by Crippen LogP contribution is -2.11. The van der Waals surface area contributed by atoms with Crippen LogP contribution in [0.5, 0.6) is 0 Å². The minimum Gasteiger partial charge on any atom is -0.308 e. The Hall–Kier alpha value is -0.540. The van der Waals surface area contributed by atoms with E-state index in [-0.39, 0.29) is 0 Å². The molecule has 0 aliphatic rings. The fourth-order valence-corrected chi connectivity index (χ4v) is 2.90. The Morgan fingerprint density at radius 3 is 2.59 bits per heavy atom. The van der Waals surface area contributed by atoms with Crippen LogP contribution in [0.3, 0.4) is 0 Å². The van der Waals surface area contributed by atoms with Crippen molar-refractivity contribution in [3.63, 3.8) is 0 Å². The number of halogens is 2. The van der Waals surface area contributed by atoms with E-state index in [4.69, 9.17) is 23.2 Å². The zero-order chi connectivity index (χ0) is 12.3. The summed E-state index contributed by atoms with van der Waals surface area (Å²) >= 11 is 13.8. The monoisotopic (exact) mass is 285 g/mol. The molecule has 0 unspecified atom stereocenters. The molecule has 2 aromatic rings. The predicted octanol–water partition coefficient (Wildman–Crippen LogP) is 4.65. The van der Waals surface area contributed by atoms with Crippen LogP contribution >= 0.6 is 34.5 Å². The quantitative estimate of drug-likeness (QED) is 0.862. The van der Waals surface area contributed by atoms with E-state index < -0.39 is 0 Å². The van der Waals surface area contributed by atoms with Gasteiger partial charge in [0.05, 0.1) is 0 Å². The third-order valence-corrected chi connectivity index (χ3v) is 4.01. The van der Waals surface area contributed by atoms with Crippen LogP contribution in [0.1, 0.15) is 15.3 Å². The van der Waals surface area contributed by atoms with Gasteiger partial charge in [-0.3, -0.25) is 0 Å². The van der Waals surface area contributed by atoms with E-state index in [0.717, 1.165) is 18.7 Å². The van der Waals surface area contributed by atoms with Gasteiger partial charge in [0.15, 0.2) is 0 Å². The molecular weight excluding hydrogens is 273 g/mol. The van der Waals surface area contributed by atoms with Gasteiger partial charge in [-0.05, 0) is 36.8 Å². The summed E-state index contributed by atoms with van der Waals surface area (Å²) in [7, 11) is 0. The van der Waals surface area contributed by atoms with Crippen molar-refractivity contribution < 1.29 is 0 Å². The van der Waals surface area contributed by atoms with E-state index >= 15 is 0 Å². The molecule has 17 heavy (non-hydrogen) atoms. The SMILES string of the molecule is Cc1ccc(CNCc2ccc(Cl)cc2Cl)s1. The van der Waals surface area contributed by atoms with Crippen LogP contribution in [-0.2, 0) is 13.1 Å².